The molecule has 0 bridgehead atoms. The molecule has 20 heavy (non-hydrogen) atoms. The SMILES string of the molecule is Nc1cc(Br)c(F)c(S(=O)(=O)NCCn2ccnn2)c1. The fraction of sp³-hybridized carbons (Fsp3) is 0.200. The van der Waals surface area contributed by atoms with Gasteiger partial charge in [0.2, 0.25) is 10.0 Å². The summed E-state index contributed by atoms with van der Waals surface area (Å²) in [6.07, 6.45) is 3.06. The number of hydrogen-bond acceptors (Lipinski definition) is 5. The van der Waals surface area contributed by atoms with Crippen LogP contribution >= 0.6 is 15.9 Å². The smallest absolute Gasteiger partial charge is 0.243 e. The first-order chi connectivity index (χ1) is 9.40. The van der Waals surface area contributed by atoms with Gasteiger partial charge in [0.05, 0.1) is 17.2 Å². The number of nitrogens with one attached hydrogen (secondary N) is 1. The van der Waals surface area contributed by atoms with Crippen molar-refractivity contribution in [3.8, 4) is 0 Å². The van der Waals surface area contributed by atoms with Crippen LogP contribution in [0, 0.1) is 5.82 Å². The van der Waals surface area contributed by atoms with Crippen LogP contribution in [-0.4, -0.2) is 30.0 Å². The van der Waals surface area contributed by atoms with E-state index in [-0.39, 0.29) is 23.2 Å². The number of anilines is 1. The summed E-state index contributed by atoms with van der Waals surface area (Å²) in [5.74, 6) is -0.882. The third-order valence-electron chi connectivity index (χ3n) is 2.41. The molecule has 0 amide bonds. The summed E-state index contributed by atoms with van der Waals surface area (Å²) < 4.78 is 41.6. The molecule has 0 atom stereocenters. The fourth-order valence-electron chi connectivity index (χ4n) is 1.50. The van der Waals surface area contributed by atoms with Crippen LogP contribution in [0.4, 0.5) is 10.1 Å². The van der Waals surface area contributed by atoms with E-state index < -0.39 is 20.7 Å². The third-order valence-corrected chi connectivity index (χ3v) is 4.45. The molecule has 0 unspecified atom stereocenters. The average molecular weight is 364 g/mol. The van der Waals surface area contributed by atoms with Gasteiger partial charge in [-0.3, -0.25) is 4.68 Å². The predicted octanol–water partition coefficient (Wildman–Crippen LogP) is 0.740. The summed E-state index contributed by atoms with van der Waals surface area (Å²) in [6, 6.07) is 2.36. The van der Waals surface area contributed by atoms with Crippen LogP contribution in [0.25, 0.3) is 0 Å². The van der Waals surface area contributed by atoms with Gasteiger partial charge < -0.3 is 5.73 Å². The second-order valence-corrected chi connectivity index (χ2v) is 6.47. The highest BCUT2D eigenvalue weighted by Crippen LogP contribution is 2.25. The van der Waals surface area contributed by atoms with Crippen molar-refractivity contribution in [2.45, 2.75) is 11.4 Å². The number of aromatic nitrogens is 3. The van der Waals surface area contributed by atoms with Crippen molar-refractivity contribution in [2.75, 3.05) is 12.3 Å². The molecule has 0 fully saturated rings. The van der Waals surface area contributed by atoms with Gasteiger partial charge in [-0.15, -0.1) is 5.10 Å². The molecule has 0 spiro atoms. The first kappa shape index (κ1) is 14.9. The molecule has 0 aliphatic carbocycles. The Kier molecular flexibility index (Phi) is 4.35. The monoisotopic (exact) mass is 363 g/mol. The predicted molar refractivity (Wildman–Crippen MR) is 73.7 cm³/mol. The summed E-state index contributed by atoms with van der Waals surface area (Å²) in [4.78, 5) is -0.497. The Labute approximate surface area is 123 Å². The van der Waals surface area contributed by atoms with Crippen LogP contribution in [0.15, 0.2) is 33.9 Å². The van der Waals surface area contributed by atoms with Crippen molar-refractivity contribution in [3.05, 3.63) is 34.8 Å². The normalized spacial score (nSPS) is 11.7. The topological polar surface area (TPSA) is 103 Å². The Morgan fingerprint density at radius 1 is 1.45 bits per heavy atom. The molecule has 3 N–H and O–H groups in total. The van der Waals surface area contributed by atoms with E-state index >= 15 is 0 Å². The third kappa shape index (κ3) is 3.32. The zero-order valence-electron chi connectivity index (χ0n) is 10.1. The van der Waals surface area contributed by atoms with Gasteiger partial charge in [0.25, 0.3) is 0 Å². The molecule has 1 aromatic heterocycles. The fourth-order valence-corrected chi connectivity index (χ4v) is 3.27. The zero-order valence-corrected chi connectivity index (χ0v) is 12.5. The molecule has 0 aliphatic rings. The van der Waals surface area contributed by atoms with Crippen molar-refractivity contribution in [3.63, 3.8) is 0 Å². The second-order valence-electron chi connectivity index (χ2n) is 3.88. The lowest BCUT2D eigenvalue weighted by Gasteiger charge is -2.09. The molecule has 1 aromatic carbocycles. The number of nitrogen functional groups attached to an aromatic ring is 1. The zero-order chi connectivity index (χ0) is 14.8. The quantitative estimate of drug-likeness (QED) is 0.762. The van der Waals surface area contributed by atoms with E-state index in [1.165, 1.54) is 16.9 Å². The van der Waals surface area contributed by atoms with E-state index in [2.05, 4.69) is 31.0 Å². The van der Waals surface area contributed by atoms with Crippen LogP contribution in [0.2, 0.25) is 0 Å². The summed E-state index contributed by atoms with van der Waals surface area (Å²) >= 11 is 2.92. The molecular formula is C10H11BrFN5O2S. The Hall–Kier alpha value is -1.52. The molecule has 0 saturated heterocycles. The van der Waals surface area contributed by atoms with Crippen LogP contribution in [0.1, 0.15) is 0 Å². The van der Waals surface area contributed by atoms with E-state index in [1.807, 2.05) is 0 Å². The van der Waals surface area contributed by atoms with Crippen LogP contribution in [0.5, 0.6) is 0 Å². The van der Waals surface area contributed by atoms with Crippen LogP contribution in [-0.2, 0) is 16.6 Å². The standard InChI is InChI=1S/C10H11BrFN5O2S/c11-8-5-7(13)6-9(10(8)12)20(18,19)15-2-4-17-3-1-14-16-17/h1,3,5-6,15H,2,4,13H2. The van der Waals surface area contributed by atoms with Crippen molar-refractivity contribution < 1.29 is 12.8 Å². The molecule has 0 saturated carbocycles. The molecule has 7 nitrogen and oxygen atoms in total. The van der Waals surface area contributed by atoms with Crippen molar-refractivity contribution >= 4 is 31.6 Å². The number of nitrogens with two attached hydrogens (primary N) is 1. The van der Waals surface area contributed by atoms with Crippen LogP contribution in [0.3, 0.4) is 0 Å². The van der Waals surface area contributed by atoms with Gasteiger partial charge in [0, 0.05) is 18.4 Å². The minimum absolute atomic E-state index is 0.00542. The number of nitrogens with zero attached hydrogens (tertiary/aromatic N) is 3. The summed E-state index contributed by atoms with van der Waals surface area (Å²) in [5, 5.41) is 7.27. The van der Waals surface area contributed by atoms with E-state index in [0.29, 0.717) is 0 Å². The van der Waals surface area contributed by atoms with Gasteiger partial charge >= 0.3 is 0 Å². The highest BCUT2D eigenvalue weighted by Gasteiger charge is 2.21. The maximum atomic E-state index is 13.8. The molecule has 10 heteroatoms. The molecule has 2 rings (SSSR count). The molecule has 0 aliphatic heterocycles. The largest absolute Gasteiger partial charge is 0.399 e. The minimum atomic E-state index is -3.99. The molecule has 108 valence electrons. The number of hydrogen-bond donors (Lipinski definition) is 2. The summed E-state index contributed by atoms with van der Waals surface area (Å²) in [5.41, 5.74) is 5.67. The highest BCUT2D eigenvalue weighted by molar-refractivity contribution is 9.10. The summed E-state index contributed by atoms with van der Waals surface area (Å²) in [7, 11) is -3.99. The van der Waals surface area contributed by atoms with Crippen molar-refractivity contribution in [1.82, 2.24) is 19.7 Å². The molecular weight excluding hydrogens is 353 g/mol. The number of rotatable bonds is 5. The van der Waals surface area contributed by atoms with Gasteiger partial charge in [-0.2, -0.15) is 0 Å². The summed E-state index contributed by atoms with van der Waals surface area (Å²) in [6.45, 7) is 0.335. The Morgan fingerprint density at radius 3 is 2.85 bits per heavy atom. The molecule has 1 heterocycles. The maximum absolute atomic E-state index is 13.8. The van der Waals surface area contributed by atoms with E-state index in [9.17, 15) is 12.8 Å². The highest BCUT2D eigenvalue weighted by atomic mass is 79.9. The second kappa shape index (κ2) is 5.85. The molecule has 0 radical (unpaired) electrons. The lowest BCUT2D eigenvalue weighted by Crippen LogP contribution is -2.28. The van der Waals surface area contributed by atoms with Crippen LogP contribution < -0.4 is 10.5 Å². The maximum Gasteiger partial charge on any atom is 0.243 e. The minimum Gasteiger partial charge on any atom is -0.399 e. The Morgan fingerprint density at radius 2 is 2.20 bits per heavy atom. The van der Waals surface area contributed by atoms with Gasteiger partial charge in [-0.25, -0.2) is 17.5 Å². The Balaban J connectivity index is 2.14. The number of halogens is 2. The lowest BCUT2D eigenvalue weighted by atomic mass is 10.3. The number of sulfonamides is 1. The first-order valence-corrected chi connectivity index (χ1v) is 7.76. The van der Waals surface area contributed by atoms with Gasteiger partial charge in [0.15, 0.2) is 5.82 Å². The number of benzene rings is 1. The first-order valence-electron chi connectivity index (χ1n) is 5.48. The average Bonchev–Trinajstić information content (AvgIpc) is 2.86. The van der Waals surface area contributed by atoms with Crippen molar-refractivity contribution in [1.29, 1.82) is 0 Å². The van der Waals surface area contributed by atoms with E-state index in [4.69, 9.17) is 5.73 Å². The lowest BCUT2D eigenvalue weighted by molar-refractivity contribution is 0.539. The van der Waals surface area contributed by atoms with E-state index in [0.717, 1.165) is 6.07 Å². The Bertz CT molecular complexity index is 705. The molecule has 2 aromatic rings. The van der Waals surface area contributed by atoms with E-state index in [1.54, 1.807) is 6.20 Å². The van der Waals surface area contributed by atoms with Gasteiger partial charge in [0.1, 0.15) is 4.90 Å². The van der Waals surface area contributed by atoms with Gasteiger partial charge in [-0.1, -0.05) is 5.21 Å². The van der Waals surface area contributed by atoms with Gasteiger partial charge in [-0.05, 0) is 28.1 Å². The van der Waals surface area contributed by atoms with Crippen molar-refractivity contribution in [2.24, 2.45) is 0 Å².